The maximum atomic E-state index is 10.5. The maximum absolute atomic E-state index is 10.5. The second kappa shape index (κ2) is 6.26. The molecule has 0 saturated heterocycles. The van der Waals surface area contributed by atoms with Gasteiger partial charge in [0.25, 0.3) is 0 Å². The standard InChI is InChI=1S/C12H14BrClO2/c1-8-6-10(7-9(2)12(8)13)16-5-3-4-11(14)15/h6-7H,3-5H2,1-2H3. The Morgan fingerprint density at radius 2 is 1.94 bits per heavy atom. The van der Waals surface area contributed by atoms with Gasteiger partial charge in [-0.2, -0.15) is 0 Å². The van der Waals surface area contributed by atoms with Gasteiger partial charge < -0.3 is 4.74 Å². The summed E-state index contributed by atoms with van der Waals surface area (Å²) in [5.74, 6) is 0.834. The van der Waals surface area contributed by atoms with E-state index in [-0.39, 0.29) is 5.24 Å². The lowest BCUT2D eigenvalue weighted by atomic mass is 10.1. The van der Waals surface area contributed by atoms with Crippen LogP contribution in [-0.2, 0) is 4.79 Å². The Bertz CT molecular complexity index is 368. The van der Waals surface area contributed by atoms with Gasteiger partial charge in [0.2, 0.25) is 5.24 Å². The van der Waals surface area contributed by atoms with E-state index in [2.05, 4.69) is 15.9 Å². The first-order valence-electron chi connectivity index (χ1n) is 5.08. The van der Waals surface area contributed by atoms with Gasteiger partial charge >= 0.3 is 0 Å². The third kappa shape index (κ3) is 4.14. The molecule has 0 aliphatic carbocycles. The second-order valence-corrected chi connectivity index (χ2v) is 4.89. The minimum Gasteiger partial charge on any atom is -0.494 e. The van der Waals surface area contributed by atoms with Gasteiger partial charge in [-0.15, -0.1) is 0 Å². The smallest absolute Gasteiger partial charge is 0.221 e. The Balaban J connectivity index is 2.52. The van der Waals surface area contributed by atoms with Crippen molar-refractivity contribution in [2.45, 2.75) is 26.7 Å². The largest absolute Gasteiger partial charge is 0.494 e. The van der Waals surface area contributed by atoms with Crippen molar-refractivity contribution in [2.24, 2.45) is 0 Å². The van der Waals surface area contributed by atoms with Crippen LogP contribution in [0.15, 0.2) is 16.6 Å². The summed E-state index contributed by atoms with van der Waals surface area (Å²) in [5, 5.41) is -0.313. The molecule has 1 rings (SSSR count). The third-order valence-corrected chi connectivity index (χ3v) is 3.64. The highest BCUT2D eigenvalue weighted by atomic mass is 79.9. The Kier molecular flexibility index (Phi) is 5.29. The van der Waals surface area contributed by atoms with Crippen LogP contribution in [-0.4, -0.2) is 11.8 Å². The summed E-state index contributed by atoms with van der Waals surface area (Å²) in [5.41, 5.74) is 2.28. The number of hydrogen-bond donors (Lipinski definition) is 0. The molecule has 0 bridgehead atoms. The fourth-order valence-corrected chi connectivity index (χ4v) is 1.75. The van der Waals surface area contributed by atoms with Crippen molar-refractivity contribution in [3.05, 3.63) is 27.7 Å². The lowest BCUT2D eigenvalue weighted by molar-refractivity contribution is -0.111. The van der Waals surface area contributed by atoms with E-state index < -0.39 is 0 Å². The fraction of sp³-hybridized carbons (Fsp3) is 0.417. The quantitative estimate of drug-likeness (QED) is 0.607. The Labute approximate surface area is 109 Å². The highest BCUT2D eigenvalue weighted by Gasteiger charge is 2.03. The van der Waals surface area contributed by atoms with Gasteiger partial charge in [0.1, 0.15) is 5.75 Å². The van der Waals surface area contributed by atoms with Gasteiger partial charge in [-0.1, -0.05) is 15.9 Å². The molecule has 0 amide bonds. The monoisotopic (exact) mass is 304 g/mol. The zero-order valence-corrected chi connectivity index (χ0v) is 11.7. The number of halogens is 2. The average molecular weight is 306 g/mol. The second-order valence-electron chi connectivity index (χ2n) is 3.68. The molecule has 0 saturated carbocycles. The van der Waals surface area contributed by atoms with Crippen molar-refractivity contribution in [3.8, 4) is 5.75 Å². The normalized spacial score (nSPS) is 10.2. The summed E-state index contributed by atoms with van der Waals surface area (Å²) < 4.78 is 6.65. The maximum Gasteiger partial charge on any atom is 0.221 e. The molecule has 0 aromatic heterocycles. The van der Waals surface area contributed by atoms with E-state index >= 15 is 0 Å². The van der Waals surface area contributed by atoms with Crippen LogP contribution < -0.4 is 4.74 Å². The minimum atomic E-state index is -0.313. The lowest BCUT2D eigenvalue weighted by Gasteiger charge is -2.09. The molecule has 1 aromatic carbocycles. The van der Waals surface area contributed by atoms with E-state index in [1.807, 2.05) is 26.0 Å². The molecular formula is C12H14BrClO2. The predicted molar refractivity (Wildman–Crippen MR) is 69.2 cm³/mol. The molecule has 0 aliphatic rings. The number of carbonyl (C=O) groups is 1. The number of rotatable bonds is 5. The van der Waals surface area contributed by atoms with Gasteiger partial charge in [0.05, 0.1) is 6.61 Å². The van der Waals surface area contributed by atoms with Crippen molar-refractivity contribution in [1.82, 2.24) is 0 Å². The van der Waals surface area contributed by atoms with Gasteiger partial charge in [0.15, 0.2) is 0 Å². The molecule has 0 radical (unpaired) electrons. The number of hydrogen-bond acceptors (Lipinski definition) is 2. The van der Waals surface area contributed by atoms with Crippen LogP contribution in [0.3, 0.4) is 0 Å². The van der Waals surface area contributed by atoms with Crippen LogP contribution >= 0.6 is 27.5 Å². The van der Waals surface area contributed by atoms with Gasteiger partial charge in [-0.3, -0.25) is 4.79 Å². The number of benzene rings is 1. The summed E-state index contributed by atoms with van der Waals surface area (Å²) in [6, 6.07) is 3.94. The first-order chi connectivity index (χ1) is 7.50. The van der Waals surface area contributed by atoms with E-state index in [4.69, 9.17) is 16.3 Å². The molecule has 2 nitrogen and oxygen atoms in total. The van der Waals surface area contributed by atoms with Crippen molar-refractivity contribution in [2.75, 3.05) is 6.61 Å². The van der Waals surface area contributed by atoms with E-state index in [9.17, 15) is 4.79 Å². The van der Waals surface area contributed by atoms with Crippen LogP contribution in [0.1, 0.15) is 24.0 Å². The van der Waals surface area contributed by atoms with E-state index in [1.54, 1.807) is 0 Å². The first-order valence-corrected chi connectivity index (χ1v) is 6.25. The molecule has 0 fully saturated rings. The fourth-order valence-electron chi connectivity index (χ4n) is 1.39. The zero-order valence-electron chi connectivity index (χ0n) is 9.35. The van der Waals surface area contributed by atoms with Crippen molar-refractivity contribution < 1.29 is 9.53 Å². The Morgan fingerprint density at radius 3 is 2.44 bits per heavy atom. The lowest BCUT2D eigenvalue weighted by Crippen LogP contribution is -2.00. The van der Waals surface area contributed by atoms with Crippen LogP contribution in [0.4, 0.5) is 0 Å². The molecule has 16 heavy (non-hydrogen) atoms. The van der Waals surface area contributed by atoms with Crippen LogP contribution in [0, 0.1) is 13.8 Å². The van der Waals surface area contributed by atoms with E-state index in [0.29, 0.717) is 19.4 Å². The summed E-state index contributed by atoms with van der Waals surface area (Å²) in [4.78, 5) is 10.5. The molecule has 0 spiro atoms. The number of carbonyl (C=O) groups excluding carboxylic acids is 1. The van der Waals surface area contributed by atoms with E-state index in [1.165, 1.54) is 0 Å². The SMILES string of the molecule is Cc1cc(OCCCC(=O)Cl)cc(C)c1Br. The summed E-state index contributed by atoms with van der Waals surface area (Å²) in [7, 11) is 0. The molecule has 0 atom stereocenters. The molecule has 0 aliphatic heterocycles. The van der Waals surface area contributed by atoms with Crippen LogP contribution in [0.2, 0.25) is 0 Å². The molecule has 0 heterocycles. The Hall–Kier alpha value is -0.540. The molecule has 88 valence electrons. The van der Waals surface area contributed by atoms with Gasteiger partial charge in [-0.05, 0) is 55.1 Å². The molecule has 1 aromatic rings. The van der Waals surface area contributed by atoms with Crippen LogP contribution in [0.25, 0.3) is 0 Å². The molecule has 0 N–H and O–H groups in total. The predicted octanol–water partition coefficient (Wildman–Crippen LogP) is 3.99. The number of aryl methyl sites for hydroxylation is 2. The molecule has 4 heteroatoms. The highest BCUT2D eigenvalue weighted by Crippen LogP contribution is 2.26. The zero-order chi connectivity index (χ0) is 12.1. The summed E-state index contributed by atoms with van der Waals surface area (Å²) in [6.07, 6.45) is 1.01. The summed E-state index contributed by atoms with van der Waals surface area (Å²) in [6.45, 7) is 4.55. The minimum absolute atomic E-state index is 0.313. The average Bonchev–Trinajstić information content (AvgIpc) is 2.20. The summed E-state index contributed by atoms with van der Waals surface area (Å²) >= 11 is 8.73. The van der Waals surface area contributed by atoms with Gasteiger partial charge in [0, 0.05) is 10.9 Å². The molecular weight excluding hydrogens is 291 g/mol. The highest BCUT2D eigenvalue weighted by molar-refractivity contribution is 9.10. The van der Waals surface area contributed by atoms with Crippen molar-refractivity contribution >= 4 is 32.8 Å². The van der Waals surface area contributed by atoms with Crippen molar-refractivity contribution in [1.29, 1.82) is 0 Å². The van der Waals surface area contributed by atoms with Gasteiger partial charge in [-0.25, -0.2) is 0 Å². The van der Waals surface area contributed by atoms with Crippen molar-refractivity contribution in [3.63, 3.8) is 0 Å². The third-order valence-electron chi connectivity index (χ3n) is 2.20. The van der Waals surface area contributed by atoms with Crippen LogP contribution in [0.5, 0.6) is 5.75 Å². The number of ether oxygens (including phenoxy) is 1. The first kappa shape index (κ1) is 13.5. The topological polar surface area (TPSA) is 26.3 Å². The van der Waals surface area contributed by atoms with E-state index in [0.717, 1.165) is 21.3 Å². The Morgan fingerprint density at radius 1 is 1.38 bits per heavy atom. The molecule has 0 unspecified atom stereocenters.